The molecule has 0 aliphatic carbocycles. The molecule has 6 nitrogen and oxygen atoms in total. The number of anilines is 3. The fourth-order valence-corrected chi connectivity index (χ4v) is 3.13. The number of nitriles is 1. The van der Waals surface area contributed by atoms with Crippen molar-refractivity contribution in [1.29, 1.82) is 5.26 Å². The zero-order valence-electron chi connectivity index (χ0n) is 15.3. The summed E-state index contributed by atoms with van der Waals surface area (Å²) in [5, 5.41) is 22.2. The molecule has 146 valence electrons. The van der Waals surface area contributed by atoms with Gasteiger partial charge in [0.05, 0.1) is 38.9 Å². The number of hydrogen-bond acceptors (Lipinski definition) is 5. The molecule has 4 N–H and O–H groups in total. The molecule has 0 spiro atoms. The van der Waals surface area contributed by atoms with Crippen molar-refractivity contribution in [3.05, 3.63) is 64.1 Å². The zero-order chi connectivity index (χ0) is 21.1. The van der Waals surface area contributed by atoms with Crippen LogP contribution in [0, 0.1) is 17.1 Å². The number of aryl methyl sites for hydroxylation is 1. The number of fused-ring (bicyclic) bond motifs is 1. The molecular formula is C21H16ClFN4O2. The molecule has 1 heterocycles. The molecule has 0 unspecified atom stereocenters. The van der Waals surface area contributed by atoms with Crippen LogP contribution in [0.5, 0.6) is 0 Å². The lowest BCUT2D eigenvalue weighted by molar-refractivity contribution is -0.131. The van der Waals surface area contributed by atoms with Gasteiger partial charge in [0.25, 0.3) is 0 Å². The molecule has 0 fully saturated rings. The molecule has 3 aromatic rings. The fourth-order valence-electron chi connectivity index (χ4n) is 2.96. The molecule has 0 amide bonds. The molecule has 29 heavy (non-hydrogen) atoms. The highest BCUT2D eigenvalue weighted by Crippen LogP contribution is 2.36. The molecule has 0 aliphatic rings. The van der Waals surface area contributed by atoms with Gasteiger partial charge in [-0.2, -0.15) is 5.26 Å². The van der Waals surface area contributed by atoms with E-state index in [1.165, 1.54) is 12.1 Å². The van der Waals surface area contributed by atoms with E-state index in [4.69, 9.17) is 22.4 Å². The average molecular weight is 411 g/mol. The number of carboxylic acid groups (broad SMARTS) is 1. The Balaban J connectivity index is 2.30. The maximum atomic E-state index is 13.7. The summed E-state index contributed by atoms with van der Waals surface area (Å²) in [6, 6.07) is 9.81. The van der Waals surface area contributed by atoms with Crippen LogP contribution in [-0.2, 0) is 11.2 Å². The van der Waals surface area contributed by atoms with Crippen LogP contribution in [0.25, 0.3) is 17.0 Å². The van der Waals surface area contributed by atoms with Gasteiger partial charge in [0.2, 0.25) is 0 Å². The predicted octanol–water partition coefficient (Wildman–Crippen LogP) is 4.88. The molecule has 0 aliphatic heterocycles. The number of benzene rings is 2. The smallest absolute Gasteiger partial charge is 0.328 e. The van der Waals surface area contributed by atoms with Gasteiger partial charge in [0.1, 0.15) is 11.9 Å². The molecule has 2 aromatic carbocycles. The highest BCUT2D eigenvalue weighted by Gasteiger charge is 2.17. The second kappa shape index (κ2) is 8.17. The first-order valence-electron chi connectivity index (χ1n) is 8.64. The topological polar surface area (TPSA) is 112 Å². The quantitative estimate of drug-likeness (QED) is 0.408. The van der Waals surface area contributed by atoms with E-state index in [1.54, 1.807) is 18.2 Å². The Kier molecular flexibility index (Phi) is 5.66. The summed E-state index contributed by atoms with van der Waals surface area (Å²) in [5.74, 6) is -1.73. The summed E-state index contributed by atoms with van der Waals surface area (Å²) in [5.41, 5.74) is 8.78. The molecule has 0 bridgehead atoms. The van der Waals surface area contributed by atoms with Gasteiger partial charge in [-0.15, -0.1) is 0 Å². The van der Waals surface area contributed by atoms with Crippen LogP contribution in [0.4, 0.5) is 21.5 Å². The van der Waals surface area contributed by atoms with E-state index >= 15 is 0 Å². The molecule has 1 aromatic heterocycles. The first-order chi connectivity index (χ1) is 13.8. The maximum absolute atomic E-state index is 13.7. The molecule has 3 rings (SSSR count). The summed E-state index contributed by atoms with van der Waals surface area (Å²) < 4.78 is 13.7. The number of rotatable bonds is 5. The number of nitrogen functional groups attached to an aromatic ring is 1. The minimum absolute atomic E-state index is 0.112. The monoisotopic (exact) mass is 410 g/mol. The van der Waals surface area contributed by atoms with Crippen LogP contribution in [0.2, 0.25) is 5.02 Å². The lowest BCUT2D eigenvalue weighted by Gasteiger charge is -2.17. The third-order valence-electron chi connectivity index (χ3n) is 4.33. The van der Waals surface area contributed by atoms with Crippen LogP contribution in [-0.4, -0.2) is 16.1 Å². The van der Waals surface area contributed by atoms with E-state index in [1.807, 2.05) is 6.92 Å². The Hall–Kier alpha value is -3.63. The van der Waals surface area contributed by atoms with E-state index in [0.29, 0.717) is 45.5 Å². The standard InChI is InChI=1S/C21H16ClFN4O2/c1-2-17-13(10-24)21(27-18-8-14(22)15(23)9-16(18)25)12-5-3-4-11(20(12)26-17)6-7-19(28)29/h3-9H,2,25H2,1H3,(H,26,27)(H,28,29). The van der Waals surface area contributed by atoms with E-state index in [0.717, 1.165) is 12.1 Å². The van der Waals surface area contributed by atoms with Gasteiger partial charge in [-0.25, -0.2) is 9.18 Å². The molecule has 0 saturated carbocycles. The Morgan fingerprint density at radius 3 is 2.86 bits per heavy atom. The Bertz CT molecular complexity index is 1200. The van der Waals surface area contributed by atoms with Crippen molar-refractivity contribution >= 4 is 51.6 Å². The maximum Gasteiger partial charge on any atom is 0.328 e. The third-order valence-corrected chi connectivity index (χ3v) is 4.62. The van der Waals surface area contributed by atoms with Crippen molar-refractivity contribution in [2.45, 2.75) is 13.3 Å². The molecule has 0 radical (unpaired) electrons. The number of pyridine rings is 1. The average Bonchev–Trinajstić information content (AvgIpc) is 2.69. The van der Waals surface area contributed by atoms with Gasteiger partial charge in [0, 0.05) is 23.1 Å². The van der Waals surface area contributed by atoms with E-state index in [2.05, 4.69) is 16.4 Å². The normalized spacial score (nSPS) is 11.0. The molecule has 0 saturated heterocycles. The van der Waals surface area contributed by atoms with Crippen LogP contribution < -0.4 is 11.1 Å². The first-order valence-corrected chi connectivity index (χ1v) is 9.01. The summed E-state index contributed by atoms with van der Waals surface area (Å²) >= 11 is 5.89. The number of carbonyl (C=O) groups is 1. The minimum atomic E-state index is -1.08. The lowest BCUT2D eigenvalue weighted by Crippen LogP contribution is -2.05. The van der Waals surface area contributed by atoms with Gasteiger partial charge in [0.15, 0.2) is 0 Å². The number of aliphatic carboxylic acids is 1. The SMILES string of the molecule is CCc1nc2c(C=CC(=O)O)cccc2c(Nc2cc(Cl)c(F)cc2N)c1C#N. The zero-order valence-corrected chi connectivity index (χ0v) is 16.1. The Morgan fingerprint density at radius 2 is 2.21 bits per heavy atom. The summed E-state index contributed by atoms with van der Waals surface area (Å²) in [7, 11) is 0. The predicted molar refractivity (Wildman–Crippen MR) is 112 cm³/mol. The Labute approximate surface area is 171 Å². The molecule has 8 heteroatoms. The number of nitrogens with zero attached hydrogens (tertiary/aromatic N) is 2. The van der Waals surface area contributed by atoms with Crippen LogP contribution in [0.1, 0.15) is 23.7 Å². The van der Waals surface area contributed by atoms with Gasteiger partial charge in [-0.1, -0.05) is 36.7 Å². The van der Waals surface area contributed by atoms with Crippen molar-refractivity contribution in [3.8, 4) is 6.07 Å². The number of para-hydroxylation sites is 1. The Morgan fingerprint density at radius 1 is 1.45 bits per heavy atom. The molecule has 0 atom stereocenters. The number of aromatic nitrogens is 1. The van der Waals surface area contributed by atoms with E-state index < -0.39 is 11.8 Å². The fraction of sp³-hybridized carbons (Fsp3) is 0.0952. The van der Waals surface area contributed by atoms with Crippen molar-refractivity contribution in [3.63, 3.8) is 0 Å². The van der Waals surface area contributed by atoms with Crippen molar-refractivity contribution in [2.24, 2.45) is 0 Å². The minimum Gasteiger partial charge on any atom is -0.478 e. The van der Waals surface area contributed by atoms with Crippen LogP contribution in [0.3, 0.4) is 0 Å². The largest absolute Gasteiger partial charge is 0.478 e. The van der Waals surface area contributed by atoms with Crippen LogP contribution in [0.15, 0.2) is 36.4 Å². The number of nitrogens with one attached hydrogen (secondary N) is 1. The molecular weight excluding hydrogens is 395 g/mol. The van der Waals surface area contributed by atoms with Gasteiger partial charge in [-0.3, -0.25) is 4.98 Å². The number of carboxylic acids is 1. The van der Waals surface area contributed by atoms with Crippen molar-refractivity contribution in [1.82, 2.24) is 4.98 Å². The van der Waals surface area contributed by atoms with Crippen LogP contribution >= 0.6 is 11.6 Å². The first kappa shape index (κ1) is 20.1. The van der Waals surface area contributed by atoms with Crippen molar-refractivity contribution in [2.75, 3.05) is 11.1 Å². The number of nitrogens with two attached hydrogens (primary N) is 1. The third kappa shape index (κ3) is 3.98. The number of halogens is 2. The van der Waals surface area contributed by atoms with Gasteiger partial charge < -0.3 is 16.2 Å². The second-order valence-electron chi connectivity index (χ2n) is 6.17. The van der Waals surface area contributed by atoms with Crippen molar-refractivity contribution < 1.29 is 14.3 Å². The highest BCUT2D eigenvalue weighted by atomic mass is 35.5. The second-order valence-corrected chi connectivity index (χ2v) is 6.57. The summed E-state index contributed by atoms with van der Waals surface area (Å²) in [6.45, 7) is 1.86. The van der Waals surface area contributed by atoms with E-state index in [9.17, 15) is 14.4 Å². The van der Waals surface area contributed by atoms with Gasteiger partial charge in [-0.05, 0) is 18.6 Å². The summed E-state index contributed by atoms with van der Waals surface area (Å²) in [6.07, 6.45) is 2.94. The number of hydrogen-bond donors (Lipinski definition) is 3. The highest BCUT2D eigenvalue weighted by molar-refractivity contribution is 6.31. The van der Waals surface area contributed by atoms with Gasteiger partial charge >= 0.3 is 5.97 Å². The lowest BCUT2D eigenvalue weighted by atomic mass is 10.0. The van der Waals surface area contributed by atoms with E-state index in [-0.39, 0.29) is 10.7 Å². The summed E-state index contributed by atoms with van der Waals surface area (Å²) in [4.78, 5) is 15.5.